The highest BCUT2D eigenvalue weighted by Crippen LogP contribution is 2.17. The molecule has 0 aliphatic rings. The van der Waals surface area contributed by atoms with E-state index in [0.717, 1.165) is 109 Å². The van der Waals surface area contributed by atoms with Crippen LogP contribution in [-0.2, 0) is 28.6 Å². The molecular formula is C69H120O6. The number of rotatable bonds is 58. The van der Waals surface area contributed by atoms with E-state index < -0.39 is 6.10 Å². The van der Waals surface area contributed by atoms with Crippen molar-refractivity contribution in [1.82, 2.24) is 0 Å². The second-order valence-corrected chi connectivity index (χ2v) is 21.3. The van der Waals surface area contributed by atoms with E-state index in [1.807, 2.05) is 0 Å². The number of unbranched alkanes of at least 4 members (excludes halogenated alkanes) is 33. The molecule has 0 heterocycles. The summed E-state index contributed by atoms with van der Waals surface area (Å²) >= 11 is 0. The second-order valence-electron chi connectivity index (χ2n) is 21.3. The van der Waals surface area contributed by atoms with E-state index in [4.69, 9.17) is 14.2 Å². The van der Waals surface area contributed by atoms with Gasteiger partial charge in [-0.15, -0.1) is 0 Å². The van der Waals surface area contributed by atoms with Crippen LogP contribution in [0.1, 0.15) is 316 Å². The van der Waals surface area contributed by atoms with Gasteiger partial charge in [0, 0.05) is 19.3 Å². The smallest absolute Gasteiger partial charge is 0.306 e. The fraction of sp³-hybridized carbons (Fsp3) is 0.754. The van der Waals surface area contributed by atoms with E-state index in [-0.39, 0.29) is 31.1 Å². The van der Waals surface area contributed by atoms with Crippen molar-refractivity contribution in [2.24, 2.45) is 0 Å². The van der Waals surface area contributed by atoms with Gasteiger partial charge in [0.15, 0.2) is 6.10 Å². The van der Waals surface area contributed by atoms with Crippen LogP contribution < -0.4 is 0 Å². The SMILES string of the molecule is CC/C=C\C/C=C\C/C=C\C/C=C\C/C=C\C/C=C\C/C=C\CCCCCCCCCCCC(=O)OCC(COC(=O)CCCCCCCCCC)OC(=O)CCCCCCCCCCCCCCCCCCCC. The molecule has 0 aromatic heterocycles. The van der Waals surface area contributed by atoms with Gasteiger partial charge in [0.25, 0.3) is 0 Å². The molecule has 0 spiro atoms. The van der Waals surface area contributed by atoms with Crippen LogP contribution in [0.15, 0.2) is 85.1 Å². The Balaban J connectivity index is 4.15. The van der Waals surface area contributed by atoms with E-state index in [1.54, 1.807) is 0 Å². The molecule has 0 radical (unpaired) electrons. The van der Waals surface area contributed by atoms with E-state index >= 15 is 0 Å². The quantitative estimate of drug-likeness (QED) is 0.0261. The Bertz CT molecular complexity index is 1430. The Hall–Kier alpha value is -3.41. The number of ether oxygens (including phenoxy) is 3. The van der Waals surface area contributed by atoms with Crippen molar-refractivity contribution in [3.8, 4) is 0 Å². The lowest BCUT2D eigenvalue weighted by atomic mass is 10.0. The molecule has 0 N–H and O–H groups in total. The largest absolute Gasteiger partial charge is 0.462 e. The van der Waals surface area contributed by atoms with Crippen LogP contribution in [-0.4, -0.2) is 37.2 Å². The van der Waals surface area contributed by atoms with Gasteiger partial charge in [-0.05, 0) is 77.0 Å². The molecule has 0 aromatic carbocycles. The minimum absolute atomic E-state index is 0.0736. The molecule has 0 amide bonds. The minimum Gasteiger partial charge on any atom is -0.462 e. The average molecular weight is 1050 g/mol. The molecule has 6 nitrogen and oxygen atoms in total. The van der Waals surface area contributed by atoms with Crippen LogP contribution in [0.4, 0.5) is 0 Å². The number of carbonyl (C=O) groups excluding carboxylic acids is 3. The summed E-state index contributed by atoms with van der Waals surface area (Å²) in [7, 11) is 0. The number of allylic oxidation sites excluding steroid dienone is 14. The van der Waals surface area contributed by atoms with Crippen molar-refractivity contribution >= 4 is 17.9 Å². The monoisotopic (exact) mass is 1040 g/mol. The van der Waals surface area contributed by atoms with Crippen molar-refractivity contribution in [2.45, 2.75) is 322 Å². The fourth-order valence-corrected chi connectivity index (χ4v) is 9.13. The van der Waals surface area contributed by atoms with Gasteiger partial charge in [0.1, 0.15) is 13.2 Å². The van der Waals surface area contributed by atoms with Crippen LogP contribution in [0, 0.1) is 0 Å². The van der Waals surface area contributed by atoms with Crippen molar-refractivity contribution in [3.63, 3.8) is 0 Å². The Morgan fingerprint density at radius 2 is 0.520 bits per heavy atom. The lowest BCUT2D eigenvalue weighted by molar-refractivity contribution is -0.167. The first-order valence-electron chi connectivity index (χ1n) is 32.1. The zero-order chi connectivity index (χ0) is 54.3. The molecule has 0 fully saturated rings. The van der Waals surface area contributed by atoms with Gasteiger partial charge in [-0.3, -0.25) is 14.4 Å². The van der Waals surface area contributed by atoms with Crippen molar-refractivity contribution in [1.29, 1.82) is 0 Å². The third-order valence-corrected chi connectivity index (χ3v) is 13.9. The Labute approximate surface area is 465 Å². The predicted octanol–water partition coefficient (Wildman–Crippen LogP) is 21.9. The topological polar surface area (TPSA) is 78.9 Å². The van der Waals surface area contributed by atoms with Gasteiger partial charge in [-0.1, -0.05) is 305 Å². The van der Waals surface area contributed by atoms with Crippen LogP contribution in [0.5, 0.6) is 0 Å². The van der Waals surface area contributed by atoms with Gasteiger partial charge in [0.2, 0.25) is 0 Å². The predicted molar refractivity (Wildman–Crippen MR) is 325 cm³/mol. The summed E-state index contributed by atoms with van der Waals surface area (Å²) in [4.78, 5) is 38.1. The molecule has 0 aliphatic carbocycles. The standard InChI is InChI=1S/C69H120O6/c1-4-7-10-13-16-19-21-23-25-27-29-30-31-32-33-34-35-36-37-38-39-40-41-43-44-46-48-50-53-56-59-62-68(71)74-65-66(64-73-67(70)61-58-55-52-18-15-12-9-6-3)75-69(72)63-60-57-54-51-49-47-45-42-28-26-24-22-20-17-14-11-8-5-2/h7,10,16,19,23,25,29-30,32-33,35-36,38-39,66H,4-6,8-9,11-15,17-18,20-22,24,26-28,31,34,37,40-65H2,1-3H3/b10-7-,19-16-,25-23-,30-29-,33-32-,36-35-,39-38-. The molecule has 1 unspecified atom stereocenters. The van der Waals surface area contributed by atoms with Crippen molar-refractivity contribution in [3.05, 3.63) is 85.1 Å². The van der Waals surface area contributed by atoms with E-state index in [1.165, 1.54) is 167 Å². The maximum absolute atomic E-state index is 12.9. The molecule has 0 saturated heterocycles. The van der Waals surface area contributed by atoms with Crippen LogP contribution >= 0.6 is 0 Å². The number of hydrogen-bond acceptors (Lipinski definition) is 6. The molecule has 1 atom stereocenters. The van der Waals surface area contributed by atoms with Crippen LogP contribution in [0.3, 0.4) is 0 Å². The highest BCUT2D eigenvalue weighted by Gasteiger charge is 2.19. The molecule has 6 heteroatoms. The first-order valence-corrected chi connectivity index (χ1v) is 32.1. The lowest BCUT2D eigenvalue weighted by Gasteiger charge is -2.18. The maximum atomic E-state index is 12.9. The third-order valence-electron chi connectivity index (χ3n) is 13.9. The molecule has 75 heavy (non-hydrogen) atoms. The second kappa shape index (κ2) is 63.1. The van der Waals surface area contributed by atoms with E-state index in [9.17, 15) is 14.4 Å². The van der Waals surface area contributed by atoms with Gasteiger partial charge in [-0.2, -0.15) is 0 Å². The fourth-order valence-electron chi connectivity index (χ4n) is 9.13. The van der Waals surface area contributed by atoms with Gasteiger partial charge >= 0.3 is 17.9 Å². The van der Waals surface area contributed by atoms with Crippen molar-refractivity contribution < 1.29 is 28.6 Å². The molecule has 0 rings (SSSR count). The zero-order valence-electron chi connectivity index (χ0n) is 49.6. The zero-order valence-corrected chi connectivity index (χ0v) is 49.6. The van der Waals surface area contributed by atoms with Gasteiger partial charge < -0.3 is 14.2 Å². The molecular weight excluding hydrogens is 925 g/mol. The average Bonchev–Trinajstić information content (AvgIpc) is 3.41. The molecule has 0 bridgehead atoms. The van der Waals surface area contributed by atoms with Gasteiger partial charge in [-0.25, -0.2) is 0 Å². The molecule has 432 valence electrons. The lowest BCUT2D eigenvalue weighted by Crippen LogP contribution is -2.30. The summed E-state index contributed by atoms with van der Waals surface area (Å²) in [6.07, 6.45) is 83.2. The molecule has 0 saturated carbocycles. The minimum atomic E-state index is -0.774. The highest BCUT2D eigenvalue weighted by atomic mass is 16.6. The summed E-state index contributed by atoms with van der Waals surface area (Å²) < 4.78 is 16.9. The normalized spacial score (nSPS) is 12.6. The highest BCUT2D eigenvalue weighted by molar-refractivity contribution is 5.71. The first-order chi connectivity index (χ1) is 37.0. The third kappa shape index (κ3) is 61.3. The van der Waals surface area contributed by atoms with Gasteiger partial charge in [0.05, 0.1) is 0 Å². The summed E-state index contributed by atoms with van der Waals surface area (Å²) in [6, 6.07) is 0. The summed E-state index contributed by atoms with van der Waals surface area (Å²) in [5.74, 6) is -0.871. The summed E-state index contributed by atoms with van der Waals surface area (Å²) in [6.45, 7) is 6.53. The van der Waals surface area contributed by atoms with Crippen LogP contribution in [0.2, 0.25) is 0 Å². The van der Waals surface area contributed by atoms with Crippen molar-refractivity contribution in [2.75, 3.05) is 13.2 Å². The Kier molecular flexibility index (Phi) is 60.3. The Morgan fingerprint density at radius 3 is 0.813 bits per heavy atom. The molecule has 0 aromatic rings. The summed E-state index contributed by atoms with van der Waals surface area (Å²) in [5, 5.41) is 0. The molecule has 0 aliphatic heterocycles. The number of hydrogen-bond donors (Lipinski definition) is 0. The number of esters is 3. The van der Waals surface area contributed by atoms with Crippen LogP contribution in [0.25, 0.3) is 0 Å². The summed E-state index contributed by atoms with van der Waals surface area (Å²) in [5.41, 5.74) is 0. The van der Waals surface area contributed by atoms with E-state index in [0.29, 0.717) is 19.3 Å². The Morgan fingerprint density at radius 1 is 0.280 bits per heavy atom. The first kappa shape index (κ1) is 71.6. The maximum Gasteiger partial charge on any atom is 0.306 e. The number of carbonyl (C=O) groups is 3. The van der Waals surface area contributed by atoms with E-state index in [2.05, 4.69) is 106 Å².